The number of halogens is 1. The third-order valence-corrected chi connectivity index (χ3v) is 5.50. The highest BCUT2D eigenvalue weighted by atomic mass is 79.9. The molecular weight excluding hydrogens is 404 g/mol. The SMILES string of the molecule is CC(CCCON(Cc1cccc(Br)c1)C1CCNC1=O)c1ccccc1. The second-order valence-corrected chi connectivity index (χ2v) is 8.00. The minimum absolute atomic E-state index is 0.0580. The summed E-state index contributed by atoms with van der Waals surface area (Å²) in [5.74, 6) is 0.561. The molecule has 1 aliphatic heterocycles. The number of rotatable bonds is 9. The van der Waals surface area contributed by atoms with Crippen molar-refractivity contribution < 1.29 is 9.63 Å². The van der Waals surface area contributed by atoms with Crippen LogP contribution in [0.3, 0.4) is 0 Å². The summed E-state index contributed by atoms with van der Waals surface area (Å²) < 4.78 is 1.03. The van der Waals surface area contributed by atoms with Gasteiger partial charge in [0.25, 0.3) is 0 Å². The van der Waals surface area contributed by atoms with E-state index in [0.29, 0.717) is 25.6 Å². The predicted octanol–water partition coefficient (Wildman–Crippen LogP) is 4.66. The van der Waals surface area contributed by atoms with Crippen LogP contribution in [0.25, 0.3) is 0 Å². The van der Waals surface area contributed by atoms with E-state index in [1.165, 1.54) is 5.56 Å². The van der Waals surface area contributed by atoms with Crippen molar-refractivity contribution in [2.75, 3.05) is 13.2 Å². The fourth-order valence-electron chi connectivity index (χ4n) is 3.44. The van der Waals surface area contributed by atoms with Crippen molar-refractivity contribution in [1.29, 1.82) is 0 Å². The quantitative estimate of drug-likeness (QED) is 0.464. The van der Waals surface area contributed by atoms with Gasteiger partial charge >= 0.3 is 0 Å². The fourth-order valence-corrected chi connectivity index (χ4v) is 3.88. The van der Waals surface area contributed by atoms with E-state index in [2.05, 4.69) is 64.6 Å². The summed E-state index contributed by atoms with van der Waals surface area (Å²) >= 11 is 3.51. The minimum Gasteiger partial charge on any atom is -0.355 e. The smallest absolute Gasteiger partial charge is 0.239 e. The van der Waals surface area contributed by atoms with Crippen molar-refractivity contribution >= 4 is 21.8 Å². The Labute approximate surface area is 170 Å². The molecular formula is C22H27BrN2O2. The van der Waals surface area contributed by atoms with Crippen LogP contribution in [0.15, 0.2) is 59.1 Å². The molecule has 1 heterocycles. The number of amides is 1. The molecule has 0 aliphatic carbocycles. The number of hydrogen-bond acceptors (Lipinski definition) is 3. The molecule has 0 spiro atoms. The Balaban J connectivity index is 1.54. The zero-order valence-electron chi connectivity index (χ0n) is 15.7. The molecule has 1 fully saturated rings. The van der Waals surface area contributed by atoms with E-state index in [1.807, 2.05) is 23.3 Å². The van der Waals surface area contributed by atoms with Crippen LogP contribution in [0.1, 0.15) is 43.2 Å². The van der Waals surface area contributed by atoms with E-state index in [1.54, 1.807) is 0 Å². The summed E-state index contributed by atoms with van der Waals surface area (Å²) in [6.45, 7) is 4.19. The Morgan fingerprint density at radius 3 is 2.74 bits per heavy atom. The van der Waals surface area contributed by atoms with Gasteiger partial charge in [-0.2, -0.15) is 5.06 Å². The van der Waals surface area contributed by atoms with E-state index < -0.39 is 0 Å². The van der Waals surface area contributed by atoms with Crippen LogP contribution >= 0.6 is 15.9 Å². The van der Waals surface area contributed by atoms with Gasteiger partial charge in [0.1, 0.15) is 6.04 Å². The molecule has 1 N–H and O–H groups in total. The van der Waals surface area contributed by atoms with Crippen molar-refractivity contribution in [2.24, 2.45) is 0 Å². The molecule has 144 valence electrons. The lowest BCUT2D eigenvalue weighted by atomic mass is 9.97. The molecule has 0 bridgehead atoms. The van der Waals surface area contributed by atoms with Crippen molar-refractivity contribution in [2.45, 2.75) is 44.7 Å². The first-order valence-corrected chi connectivity index (χ1v) is 10.4. The average Bonchev–Trinajstić information content (AvgIpc) is 3.10. The lowest BCUT2D eigenvalue weighted by molar-refractivity contribution is -0.194. The molecule has 1 aliphatic rings. The second-order valence-electron chi connectivity index (χ2n) is 7.09. The van der Waals surface area contributed by atoms with Gasteiger partial charge in [-0.15, -0.1) is 0 Å². The first-order chi connectivity index (χ1) is 13.1. The van der Waals surface area contributed by atoms with E-state index in [-0.39, 0.29) is 11.9 Å². The van der Waals surface area contributed by atoms with Gasteiger partial charge in [0.15, 0.2) is 0 Å². The number of hydroxylamine groups is 2. The molecule has 1 amide bonds. The Morgan fingerprint density at radius 2 is 2.04 bits per heavy atom. The maximum atomic E-state index is 12.2. The van der Waals surface area contributed by atoms with Crippen molar-refractivity contribution in [1.82, 2.24) is 10.4 Å². The Hall–Kier alpha value is -1.69. The molecule has 2 unspecified atom stereocenters. The molecule has 2 aromatic rings. The molecule has 4 nitrogen and oxygen atoms in total. The molecule has 3 rings (SSSR count). The number of hydrogen-bond donors (Lipinski definition) is 1. The molecule has 0 aromatic heterocycles. The van der Waals surface area contributed by atoms with Crippen molar-refractivity contribution in [3.63, 3.8) is 0 Å². The van der Waals surface area contributed by atoms with E-state index in [4.69, 9.17) is 4.84 Å². The van der Waals surface area contributed by atoms with E-state index >= 15 is 0 Å². The largest absolute Gasteiger partial charge is 0.355 e. The van der Waals surface area contributed by atoms with Gasteiger partial charge in [-0.25, -0.2) is 0 Å². The van der Waals surface area contributed by atoms with E-state index in [0.717, 1.165) is 29.3 Å². The molecule has 0 radical (unpaired) electrons. The predicted molar refractivity (Wildman–Crippen MR) is 111 cm³/mol. The van der Waals surface area contributed by atoms with Crippen LogP contribution in [0.5, 0.6) is 0 Å². The first-order valence-electron chi connectivity index (χ1n) is 9.60. The van der Waals surface area contributed by atoms with Crippen molar-refractivity contribution in [3.8, 4) is 0 Å². The van der Waals surface area contributed by atoms with Crippen LogP contribution in [-0.4, -0.2) is 30.2 Å². The second kappa shape index (κ2) is 10.0. The third-order valence-electron chi connectivity index (χ3n) is 5.00. The van der Waals surface area contributed by atoms with Gasteiger partial charge in [-0.1, -0.05) is 65.3 Å². The minimum atomic E-state index is -0.212. The van der Waals surface area contributed by atoms with Gasteiger partial charge < -0.3 is 5.32 Å². The highest BCUT2D eigenvalue weighted by Gasteiger charge is 2.31. The highest BCUT2D eigenvalue weighted by Crippen LogP contribution is 2.21. The number of carbonyl (C=O) groups is 1. The maximum Gasteiger partial charge on any atom is 0.239 e. The molecule has 0 saturated carbocycles. The number of benzene rings is 2. The Morgan fingerprint density at radius 1 is 1.22 bits per heavy atom. The van der Waals surface area contributed by atoms with Gasteiger partial charge in [-0.05, 0) is 48.4 Å². The Kier molecular flexibility index (Phi) is 7.44. The van der Waals surface area contributed by atoms with Gasteiger partial charge in [0.2, 0.25) is 5.91 Å². The summed E-state index contributed by atoms with van der Waals surface area (Å²) in [6.07, 6.45) is 2.80. The number of carbonyl (C=O) groups excluding carboxylic acids is 1. The van der Waals surface area contributed by atoms with Crippen LogP contribution < -0.4 is 5.32 Å². The Bertz CT molecular complexity index is 738. The molecule has 5 heteroatoms. The number of nitrogens with one attached hydrogen (secondary N) is 1. The van der Waals surface area contributed by atoms with Gasteiger partial charge in [0.05, 0.1) is 13.2 Å². The lowest BCUT2D eigenvalue weighted by Gasteiger charge is -2.26. The lowest BCUT2D eigenvalue weighted by Crippen LogP contribution is -2.40. The summed E-state index contributed by atoms with van der Waals surface area (Å²) in [5, 5.41) is 4.77. The van der Waals surface area contributed by atoms with Crippen LogP contribution in [0.2, 0.25) is 0 Å². The van der Waals surface area contributed by atoms with Crippen molar-refractivity contribution in [3.05, 3.63) is 70.2 Å². The molecule has 2 aromatic carbocycles. The summed E-state index contributed by atoms with van der Waals surface area (Å²) in [5.41, 5.74) is 2.49. The van der Waals surface area contributed by atoms with Crippen LogP contribution in [0.4, 0.5) is 0 Å². The van der Waals surface area contributed by atoms with Crippen LogP contribution in [0, 0.1) is 0 Å². The van der Waals surface area contributed by atoms with E-state index in [9.17, 15) is 4.79 Å². The van der Waals surface area contributed by atoms with Gasteiger partial charge in [0, 0.05) is 11.0 Å². The summed E-state index contributed by atoms with van der Waals surface area (Å²) in [4.78, 5) is 18.2. The zero-order chi connectivity index (χ0) is 19.1. The number of nitrogens with zero attached hydrogens (tertiary/aromatic N) is 1. The first kappa shape index (κ1) is 20.1. The molecule has 2 atom stereocenters. The third kappa shape index (κ3) is 5.89. The highest BCUT2D eigenvalue weighted by molar-refractivity contribution is 9.10. The van der Waals surface area contributed by atoms with Crippen LogP contribution in [-0.2, 0) is 16.2 Å². The summed E-state index contributed by atoms with van der Waals surface area (Å²) in [6, 6.07) is 18.5. The molecule has 27 heavy (non-hydrogen) atoms. The standard InChI is InChI=1S/C22H27BrN2O2/c1-17(19-9-3-2-4-10-19)7-6-14-27-25(21-12-13-24-22(21)26)16-18-8-5-11-20(23)15-18/h2-5,8-11,15,17,21H,6-7,12-14,16H2,1H3,(H,24,26). The monoisotopic (exact) mass is 430 g/mol. The average molecular weight is 431 g/mol. The maximum absolute atomic E-state index is 12.2. The molecule has 1 saturated heterocycles. The fraction of sp³-hybridized carbons (Fsp3) is 0.409. The van der Waals surface area contributed by atoms with Gasteiger partial charge in [-0.3, -0.25) is 9.63 Å². The summed E-state index contributed by atoms with van der Waals surface area (Å²) in [7, 11) is 0. The topological polar surface area (TPSA) is 41.6 Å². The normalized spacial score (nSPS) is 17.9. The zero-order valence-corrected chi connectivity index (χ0v) is 17.3.